The monoisotopic (exact) mass is 484 g/mol. The maximum Gasteiger partial charge on any atom is 0.343 e. The fourth-order valence-corrected chi connectivity index (χ4v) is 3.80. The predicted molar refractivity (Wildman–Crippen MR) is 142 cm³/mol. The molecule has 0 spiro atoms. The van der Waals surface area contributed by atoms with Crippen LogP contribution < -0.4 is 14.2 Å². The van der Waals surface area contributed by atoms with E-state index < -0.39 is 0 Å². The van der Waals surface area contributed by atoms with E-state index >= 15 is 0 Å². The fraction of sp³-hybridized carbons (Fsp3) is 0.567. The molecule has 1 unspecified atom stereocenters. The summed E-state index contributed by atoms with van der Waals surface area (Å²) in [4.78, 5) is 12.5. The minimum absolute atomic E-state index is 0.331. The lowest BCUT2D eigenvalue weighted by atomic mass is 10.1. The summed E-state index contributed by atoms with van der Waals surface area (Å²) in [7, 11) is 0. The lowest BCUT2D eigenvalue weighted by Gasteiger charge is -2.11. The second-order valence-electron chi connectivity index (χ2n) is 8.97. The molecule has 35 heavy (non-hydrogen) atoms. The molecule has 2 aromatic carbocycles. The quantitative estimate of drug-likeness (QED) is 0.115. The van der Waals surface area contributed by atoms with Crippen LogP contribution in [0.25, 0.3) is 0 Å². The standard InChI is InChI=1S/C30H44O5/c1-4-6-7-8-9-12-23-33-27-17-15-26(16-18-27)30(31)35-29-21-19-28(20-22-29)34-24-13-10-11-14-25(3)32-5-2/h15-22,25H,4-14,23-24H2,1-3H3. The highest BCUT2D eigenvalue weighted by Gasteiger charge is 2.09. The van der Waals surface area contributed by atoms with Crippen LogP contribution in [0.4, 0.5) is 0 Å². The summed E-state index contributed by atoms with van der Waals surface area (Å²) < 4.78 is 22.6. The molecular weight excluding hydrogens is 440 g/mol. The van der Waals surface area contributed by atoms with E-state index in [1.54, 1.807) is 24.3 Å². The molecule has 5 heteroatoms. The average Bonchev–Trinajstić information content (AvgIpc) is 2.87. The molecule has 2 aromatic rings. The summed E-state index contributed by atoms with van der Waals surface area (Å²) in [5, 5.41) is 0. The summed E-state index contributed by atoms with van der Waals surface area (Å²) in [6.45, 7) is 8.53. The average molecular weight is 485 g/mol. The number of unbranched alkanes of at least 4 members (excludes halogenated alkanes) is 7. The van der Waals surface area contributed by atoms with E-state index in [0.717, 1.165) is 50.2 Å². The van der Waals surface area contributed by atoms with Crippen molar-refractivity contribution in [3.8, 4) is 17.2 Å². The van der Waals surface area contributed by atoms with Gasteiger partial charge in [-0.15, -0.1) is 0 Å². The van der Waals surface area contributed by atoms with Gasteiger partial charge in [-0.3, -0.25) is 0 Å². The van der Waals surface area contributed by atoms with Gasteiger partial charge >= 0.3 is 5.97 Å². The van der Waals surface area contributed by atoms with Crippen molar-refractivity contribution >= 4 is 5.97 Å². The third-order valence-electron chi connectivity index (χ3n) is 5.87. The molecule has 194 valence electrons. The van der Waals surface area contributed by atoms with E-state index in [1.165, 1.54) is 32.1 Å². The van der Waals surface area contributed by atoms with E-state index in [1.807, 2.05) is 31.2 Å². The minimum atomic E-state index is -0.387. The number of hydrogen-bond acceptors (Lipinski definition) is 5. The third kappa shape index (κ3) is 12.7. The first kappa shape index (κ1) is 28.7. The first-order chi connectivity index (χ1) is 17.1. The van der Waals surface area contributed by atoms with Gasteiger partial charge in [0.1, 0.15) is 17.2 Å². The number of carbonyl (C=O) groups is 1. The molecule has 0 fully saturated rings. The Morgan fingerprint density at radius 3 is 1.80 bits per heavy atom. The highest BCUT2D eigenvalue weighted by atomic mass is 16.5. The van der Waals surface area contributed by atoms with Crippen molar-refractivity contribution in [3.05, 3.63) is 54.1 Å². The first-order valence-electron chi connectivity index (χ1n) is 13.4. The highest BCUT2D eigenvalue weighted by molar-refractivity contribution is 5.91. The zero-order valence-corrected chi connectivity index (χ0v) is 21.9. The molecule has 0 bridgehead atoms. The molecule has 0 N–H and O–H groups in total. The zero-order valence-electron chi connectivity index (χ0n) is 21.9. The summed E-state index contributed by atoms with van der Waals surface area (Å²) in [6.07, 6.45) is 12.1. The van der Waals surface area contributed by atoms with Crippen LogP contribution in [0.15, 0.2) is 48.5 Å². The topological polar surface area (TPSA) is 54.0 Å². The molecule has 0 amide bonds. The Morgan fingerprint density at radius 1 is 0.686 bits per heavy atom. The van der Waals surface area contributed by atoms with Gasteiger partial charge in [-0.1, -0.05) is 45.4 Å². The van der Waals surface area contributed by atoms with Crippen molar-refractivity contribution in [1.82, 2.24) is 0 Å². The Labute approximate surface area is 212 Å². The Hall–Kier alpha value is -2.53. The van der Waals surface area contributed by atoms with Crippen molar-refractivity contribution in [1.29, 1.82) is 0 Å². The van der Waals surface area contributed by atoms with Crippen molar-refractivity contribution in [2.75, 3.05) is 19.8 Å². The van der Waals surface area contributed by atoms with Crippen LogP contribution in [0.2, 0.25) is 0 Å². The SMILES string of the molecule is CCCCCCCCOc1ccc(C(=O)Oc2ccc(OCCCCCC(C)OCC)cc2)cc1. The summed E-state index contributed by atoms with van der Waals surface area (Å²) >= 11 is 0. The van der Waals surface area contributed by atoms with E-state index in [9.17, 15) is 4.79 Å². The number of benzene rings is 2. The van der Waals surface area contributed by atoms with Gasteiger partial charge in [0, 0.05) is 6.61 Å². The van der Waals surface area contributed by atoms with Gasteiger partial charge in [0.2, 0.25) is 0 Å². The van der Waals surface area contributed by atoms with Crippen molar-refractivity contribution in [2.45, 2.75) is 91.1 Å². The summed E-state index contributed by atoms with van der Waals surface area (Å²) in [5.74, 6) is 1.66. The van der Waals surface area contributed by atoms with E-state index in [2.05, 4.69) is 13.8 Å². The minimum Gasteiger partial charge on any atom is -0.494 e. The maximum absolute atomic E-state index is 12.5. The van der Waals surface area contributed by atoms with E-state index in [4.69, 9.17) is 18.9 Å². The Bertz CT molecular complexity index is 801. The smallest absolute Gasteiger partial charge is 0.343 e. The van der Waals surface area contributed by atoms with Crippen LogP contribution in [-0.4, -0.2) is 31.9 Å². The van der Waals surface area contributed by atoms with Gasteiger partial charge < -0.3 is 18.9 Å². The zero-order chi connectivity index (χ0) is 25.1. The molecule has 0 aliphatic rings. The second-order valence-corrected chi connectivity index (χ2v) is 8.97. The molecule has 0 aliphatic heterocycles. The normalized spacial score (nSPS) is 11.7. The number of esters is 1. The van der Waals surface area contributed by atoms with Crippen LogP contribution >= 0.6 is 0 Å². The summed E-state index contributed by atoms with van der Waals surface area (Å²) in [6, 6.07) is 14.3. The highest BCUT2D eigenvalue weighted by Crippen LogP contribution is 2.20. The predicted octanol–water partition coefficient (Wildman–Crippen LogP) is 8.01. The Balaban J connectivity index is 1.63. The van der Waals surface area contributed by atoms with Crippen LogP contribution in [-0.2, 0) is 4.74 Å². The molecular formula is C30H44O5. The van der Waals surface area contributed by atoms with Crippen LogP contribution in [0.3, 0.4) is 0 Å². The lowest BCUT2D eigenvalue weighted by Crippen LogP contribution is -2.08. The molecule has 0 aromatic heterocycles. The van der Waals surface area contributed by atoms with Crippen molar-refractivity contribution in [3.63, 3.8) is 0 Å². The molecule has 0 saturated heterocycles. The molecule has 0 radical (unpaired) electrons. The Kier molecular flexibility index (Phi) is 14.6. The van der Waals surface area contributed by atoms with Crippen LogP contribution in [0, 0.1) is 0 Å². The van der Waals surface area contributed by atoms with E-state index in [-0.39, 0.29) is 5.97 Å². The molecule has 0 aliphatic carbocycles. The number of hydrogen-bond donors (Lipinski definition) is 0. The first-order valence-corrected chi connectivity index (χ1v) is 13.4. The van der Waals surface area contributed by atoms with Gasteiger partial charge in [-0.25, -0.2) is 4.79 Å². The number of rotatable bonds is 19. The summed E-state index contributed by atoms with van der Waals surface area (Å²) in [5.41, 5.74) is 0.496. The van der Waals surface area contributed by atoms with Crippen LogP contribution in [0.5, 0.6) is 17.2 Å². The van der Waals surface area contributed by atoms with Gasteiger partial charge in [-0.2, -0.15) is 0 Å². The fourth-order valence-electron chi connectivity index (χ4n) is 3.80. The van der Waals surface area contributed by atoms with Crippen molar-refractivity contribution < 1.29 is 23.7 Å². The van der Waals surface area contributed by atoms with Gasteiger partial charge in [0.15, 0.2) is 0 Å². The second kappa shape index (κ2) is 17.8. The van der Waals surface area contributed by atoms with Gasteiger partial charge in [0.25, 0.3) is 0 Å². The lowest BCUT2D eigenvalue weighted by molar-refractivity contribution is 0.0681. The van der Waals surface area contributed by atoms with Crippen LogP contribution in [0.1, 0.15) is 95.3 Å². The Morgan fingerprint density at radius 2 is 1.20 bits per heavy atom. The number of carbonyl (C=O) groups excluding carboxylic acids is 1. The van der Waals surface area contributed by atoms with Gasteiger partial charge in [-0.05, 0) is 88.1 Å². The molecule has 2 rings (SSSR count). The molecule has 0 heterocycles. The van der Waals surface area contributed by atoms with Crippen molar-refractivity contribution in [2.24, 2.45) is 0 Å². The van der Waals surface area contributed by atoms with Gasteiger partial charge in [0.05, 0.1) is 24.9 Å². The molecule has 1 atom stereocenters. The number of ether oxygens (including phenoxy) is 4. The maximum atomic E-state index is 12.5. The molecule has 0 saturated carbocycles. The largest absolute Gasteiger partial charge is 0.494 e. The molecule has 5 nitrogen and oxygen atoms in total. The third-order valence-corrected chi connectivity index (χ3v) is 5.87. The van der Waals surface area contributed by atoms with E-state index in [0.29, 0.717) is 30.6 Å².